The van der Waals surface area contributed by atoms with Gasteiger partial charge in [0.25, 0.3) is 5.91 Å². The van der Waals surface area contributed by atoms with Gasteiger partial charge in [-0.05, 0) is 17.7 Å². The first-order valence-corrected chi connectivity index (χ1v) is 5.17. The fourth-order valence-electron chi connectivity index (χ4n) is 1.14. The minimum absolute atomic E-state index is 0.00668. The van der Waals surface area contributed by atoms with Gasteiger partial charge in [-0.3, -0.25) is 9.59 Å². The van der Waals surface area contributed by atoms with Crippen molar-refractivity contribution in [1.29, 1.82) is 0 Å². The van der Waals surface area contributed by atoms with Crippen molar-refractivity contribution < 1.29 is 28.6 Å². The number of carbonyl (C=O) groups excluding carboxylic acids is 2. The van der Waals surface area contributed by atoms with E-state index in [1.54, 1.807) is 0 Å². The largest absolute Gasteiger partial charge is 0.480 e. The lowest BCUT2D eigenvalue weighted by Gasteiger charge is -2.12. The molecule has 0 aromatic carbocycles. The summed E-state index contributed by atoms with van der Waals surface area (Å²) < 4.78 is 9.02. The molecule has 0 unspecified atom stereocenters. The van der Waals surface area contributed by atoms with Gasteiger partial charge in [0.2, 0.25) is 5.22 Å². The zero-order chi connectivity index (χ0) is 13.7. The average molecular weight is 276 g/mol. The van der Waals surface area contributed by atoms with Crippen LogP contribution in [0, 0.1) is 0 Å². The summed E-state index contributed by atoms with van der Waals surface area (Å²) in [4.78, 5) is 33.5. The van der Waals surface area contributed by atoms with Crippen LogP contribution in [0.1, 0.15) is 16.8 Å². The Labute approximate surface area is 107 Å². The highest BCUT2D eigenvalue weighted by Crippen LogP contribution is 2.16. The second-order valence-electron chi connectivity index (χ2n) is 3.25. The van der Waals surface area contributed by atoms with Gasteiger partial charge in [0, 0.05) is 0 Å². The molecule has 1 heterocycles. The molecule has 0 aliphatic carbocycles. The smallest absolute Gasteiger partial charge is 0.326 e. The van der Waals surface area contributed by atoms with Crippen molar-refractivity contribution in [2.45, 2.75) is 12.5 Å². The number of carboxylic acid groups (broad SMARTS) is 1. The van der Waals surface area contributed by atoms with Crippen LogP contribution in [0.3, 0.4) is 0 Å². The van der Waals surface area contributed by atoms with Crippen LogP contribution in [0.4, 0.5) is 0 Å². The van der Waals surface area contributed by atoms with Gasteiger partial charge < -0.3 is 19.6 Å². The van der Waals surface area contributed by atoms with Crippen molar-refractivity contribution in [2.24, 2.45) is 0 Å². The standard InChI is InChI=1S/C10H10ClNO6/c1-17-7(13)4-6(10(15)16)12-9(14)5-2-3-18-8(5)11/h2-3,6H,4H2,1H3,(H,12,14)(H,15,16)/t6-/m0/s1. The molecular weight excluding hydrogens is 266 g/mol. The van der Waals surface area contributed by atoms with Crippen molar-refractivity contribution in [3.05, 3.63) is 23.1 Å². The number of aliphatic carboxylic acids is 1. The van der Waals surface area contributed by atoms with Crippen LogP contribution in [-0.4, -0.2) is 36.1 Å². The Morgan fingerprint density at radius 2 is 2.22 bits per heavy atom. The number of methoxy groups -OCH3 is 1. The molecule has 0 bridgehead atoms. The van der Waals surface area contributed by atoms with E-state index in [1.807, 2.05) is 0 Å². The van der Waals surface area contributed by atoms with Gasteiger partial charge in [0.15, 0.2) is 0 Å². The van der Waals surface area contributed by atoms with Crippen LogP contribution < -0.4 is 5.32 Å². The van der Waals surface area contributed by atoms with Crippen molar-refractivity contribution in [2.75, 3.05) is 7.11 Å². The maximum absolute atomic E-state index is 11.6. The quantitative estimate of drug-likeness (QED) is 0.766. The summed E-state index contributed by atoms with van der Waals surface area (Å²) in [5, 5.41) is 10.8. The Balaban J connectivity index is 2.73. The summed E-state index contributed by atoms with van der Waals surface area (Å²) in [7, 11) is 1.12. The predicted molar refractivity (Wildman–Crippen MR) is 59.2 cm³/mol. The van der Waals surface area contributed by atoms with Gasteiger partial charge in [-0.25, -0.2) is 4.79 Å². The van der Waals surface area contributed by atoms with Crippen LogP contribution in [0.2, 0.25) is 5.22 Å². The molecule has 1 aromatic heterocycles. The average Bonchev–Trinajstić information content (AvgIpc) is 2.74. The Morgan fingerprint density at radius 1 is 1.56 bits per heavy atom. The summed E-state index contributed by atoms with van der Waals surface area (Å²) in [6.45, 7) is 0. The zero-order valence-corrected chi connectivity index (χ0v) is 10.1. The van der Waals surface area contributed by atoms with E-state index < -0.39 is 30.3 Å². The lowest BCUT2D eigenvalue weighted by Crippen LogP contribution is -2.42. The van der Waals surface area contributed by atoms with E-state index in [-0.39, 0.29) is 10.8 Å². The molecule has 98 valence electrons. The molecule has 1 amide bonds. The highest BCUT2D eigenvalue weighted by Gasteiger charge is 2.25. The van der Waals surface area contributed by atoms with Crippen molar-refractivity contribution in [3.63, 3.8) is 0 Å². The molecule has 7 nitrogen and oxygen atoms in total. The zero-order valence-electron chi connectivity index (χ0n) is 9.31. The lowest BCUT2D eigenvalue weighted by atomic mass is 10.2. The number of ether oxygens (including phenoxy) is 1. The Kier molecular flexibility index (Phi) is 4.73. The lowest BCUT2D eigenvalue weighted by molar-refractivity contribution is -0.147. The van der Waals surface area contributed by atoms with E-state index in [0.29, 0.717) is 0 Å². The molecule has 0 aliphatic rings. The molecule has 8 heteroatoms. The van der Waals surface area contributed by atoms with Gasteiger partial charge in [-0.2, -0.15) is 0 Å². The maximum Gasteiger partial charge on any atom is 0.326 e. The van der Waals surface area contributed by atoms with Crippen molar-refractivity contribution >= 4 is 29.4 Å². The van der Waals surface area contributed by atoms with Gasteiger partial charge in [0.1, 0.15) is 6.04 Å². The normalized spacial score (nSPS) is 11.7. The predicted octanol–water partition coefficient (Wildman–Crippen LogP) is 0.679. The fraction of sp³-hybridized carbons (Fsp3) is 0.300. The van der Waals surface area contributed by atoms with Crippen molar-refractivity contribution in [1.82, 2.24) is 5.32 Å². The van der Waals surface area contributed by atoms with Crippen LogP contribution in [0.25, 0.3) is 0 Å². The molecule has 18 heavy (non-hydrogen) atoms. The van der Waals surface area contributed by atoms with Crippen LogP contribution in [0.15, 0.2) is 16.7 Å². The number of carboxylic acids is 1. The first-order valence-electron chi connectivity index (χ1n) is 4.79. The number of esters is 1. The molecule has 0 radical (unpaired) electrons. The minimum Gasteiger partial charge on any atom is -0.480 e. The summed E-state index contributed by atoms with van der Waals surface area (Å²) in [6, 6.07) is -0.106. The summed E-state index contributed by atoms with van der Waals surface area (Å²) in [6.07, 6.45) is 0.709. The van der Waals surface area contributed by atoms with E-state index in [4.69, 9.17) is 21.1 Å². The molecule has 1 aromatic rings. The van der Waals surface area contributed by atoms with E-state index in [2.05, 4.69) is 10.1 Å². The monoisotopic (exact) mass is 275 g/mol. The third-order valence-electron chi connectivity index (χ3n) is 2.06. The highest BCUT2D eigenvalue weighted by molar-refractivity contribution is 6.32. The summed E-state index contributed by atoms with van der Waals surface area (Å²) >= 11 is 5.56. The van der Waals surface area contributed by atoms with Gasteiger partial charge >= 0.3 is 11.9 Å². The van der Waals surface area contributed by atoms with Crippen molar-refractivity contribution in [3.8, 4) is 0 Å². The number of halogens is 1. The second kappa shape index (κ2) is 6.06. The molecule has 0 saturated carbocycles. The third kappa shape index (κ3) is 3.49. The van der Waals surface area contributed by atoms with E-state index in [9.17, 15) is 14.4 Å². The number of furan rings is 1. The van der Waals surface area contributed by atoms with E-state index >= 15 is 0 Å². The molecule has 1 rings (SSSR count). The SMILES string of the molecule is COC(=O)C[C@H](NC(=O)c1ccoc1Cl)C(=O)O. The van der Waals surface area contributed by atoms with Crippen LogP contribution in [-0.2, 0) is 14.3 Å². The minimum atomic E-state index is -1.39. The van der Waals surface area contributed by atoms with E-state index in [0.717, 1.165) is 7.11 Å². The van der Waals surface area contributed by atoms with Crippen LogP contribution in [0.5, 0.6) is 0 Å². The van der Waals surface area contributed by atoms with Gasteiger partial charge in [0.05, 0.1) is 25.4 Å². The Bertz CT molecular complexity index is 469. The summed E-state index contributed by atoms with van der Waals surface area (Å²) in [5.74, 6) is -2.85. The molecule has 0 saturated heterocycles. The number of hydrogen-bond donors (Lipinski definition) is 2. The Hall–Kier alpha value is -2.02. The topological polar surface area (TPSA) is 106 Å². The number of hydrogen-bond acceptors (Lipinski definition) is 5. The Morgan fingerprint density at radius 3 is 2.67 bits per heavy atom. The molecular formula is C10H10ClNO6. The van der Waals surface area contributed by atoms with Crippen LogP contribution >= 0.6 is 11.6 Å². The fourth-order valence-corrected chi connectivity index (χ4v) is 1.34. The number of amides is 1. The maximum atomic E-state index is 11.6. The molecule has 0 fully saturated rings. The van der Waals surface area contributed by atoms with Gasteiger partial charge in [-0.1, -0.05) is 0 Å². The molecule has 0 aliphatic heterocycles. The highest BCUT2D eigenvalue weighted by atomic mass is 35.5. The third-order valence-corrected chi connectivity index (χ3v) is 2.36. The van der Waals surface area contributed by atoms with Gasteiger partial charge in [-0.15, -0.1) is 0 Å². The first-order chi connectivity index (χ1) is 8.45. The number of carbonyl (C=O) groups is 3. The summed E-state index contributed by atoms with van der Waals surface area (Å²) in [5.41, 5.74) is -0.00668. The molecule has 1 atom stereocenters. The molecule has 2 N–H and O–H groups in total. The second-order valence-corrected chi connectivity index (χ2v) is 3.60. The first kappa shape index (κ1) is 14.0. The van der Waals surface area contributed by atoms with E-state index in [1.165, 1.54) is 12.3 Å². The molecule has 0 spiro atoms. The number of nitrogens with one attached hydrogen (secondary N) is 1. The number of rotatable bonds is 5.